The molecule has 1 aliphatic carbocycles. The summed E-state index contributed by atoms with van der Waals surface area (Å²) in [6.07, 6.45) is -2.62. The Hall–Kier alpha value is -2.54. The van der Waals surface area contributed by atoms with E-state index in [4.69, 9.17) is 0 Å². The highest BCUT2D eigenvalue weighted by Crippen LogP contribution is 2.38. The minimum Gasteiger partial charge on any atom is -0.370 e. The molecule has 0 spiro atoms. The molecule has 2 N–H and O–H groups in total. The van der Waals surface area contributed by atoms with Crippen molar-refractivity contribution >= 4 is 17.5 Å². The number of anilines is 3. The summed E-state index contributed by atoms with van der Waals surface area (Å²) in [4.78, 5) is 12.0. The second kappa shape index (κ2) is 9.98. The standard InChI is InChI=1S/C21H29F5N8/c1-3-27-19-16(21(24,25)26)10-28-20(31-19)30-17-11-29-34(13(17)2)15-8-14(9-15)33-6-4-32(5-7-33)12-18(22)23/h10-11,14-15,18H,3-9,12H2,1-2H3,(H2,27,28,30,31)/t14-,15+. The van der Waals surface area contributed by atoms with Gasteiger partial charge in [0.1, 0.15) is 11.4 Å². The van der Waals surface area contributed by atoms with Crippen molar-refractivity contribution < 1.29 is 22.0 Å². The molecule has 0 atom stereocenters. The average molecular weight is 489 g/mol. The van der Waals surface area contributed by atoms with E-state index < -0.39 is 18.2 Å². The Labute approximate surface area is 194 Å². The molecule has 0 aromatic carbocycles. The van der Waals surface area contributed by atoms with Crippen molar-refractivity contribution in [2.45, 2.75) is 51.4 Å². The average Bonchev–Trinajstić information content (AvgIpc) is 3.07. The summed E-state index contributed by atoms with van der Waals surface area (Å²) in [6.45, 7) is 6.59. The molecule has 1 aliphatic heterocycles. The van der Waals surface area contributed by atoms with Crippen molar-refractivity contribution in [3.05, 3.63) is 23.7 Å². The van der Waals surface area contributed by atoms with Crippen molar-refractivity contribution in [1.82, 2.24) is 29.5 Å². The Morgan fingerprint density at radius 2 is 1.79 bits per heavy atom. The first-order chi connectivity index (χ1) is 16.2. The lowest BCUT2D eigenvalue weighted by Crippen LogP contribution is -2.54. The van der Waals surface area contributed by atoms with Crippen molar-refractivity contribution in [3.8, 4) is 0 Å². The van der Waals surface area contributed by atoms with Crippen LogP contribution in [0.2, 0.25) is 0 Å². The molecule has 188 valence electrons. The van der Waals surface area contributed by atoms with Crippen molar-refractivity contribution in [3.63, 3.8) is 0 Å². The van der Waals surface area contributed by atoms with Gasteiger partial charge in [-0.15, -0.1) is 0 Å². The number of nitrogens with one attached hydrogen (secondary N) is 2. The van der Waals surface area contributed by atoms with E-state index >= 15 is 0 Å². The Bertz CT molecular complexity index is 965. The summed E-state index contributed by atoms with van der Waals surface area (Å²) in [5.41, 5.74) is 0.563. The zero-order valence-electron chi connectivity index (χ0n) is 19.1. The molecule has 2 fully saturated rings. The van der Waals surface area contributed by atoms with E-state index in [0.717, 1.165) is 37.8 Å². The minimum atomic E-state index is -4.55. The van der Waals surface area contributed by atoms with Gasteiger partial charge in [-0.1, -0.05) is 0 Å². The molecular weight excluding hydrogens is 459 g/mol. The van der Waals surface area contributed by atoms with E-state index in [1.54, 1.807) is 18.0 Å². The monoisotopic (exact) mass is 488 g/mol. The van der Waals surface area contributed by atoms with Gasteiger partial charge >= 0.3 is 6.18 Å². The fourth-order valence-electron chi connectivity index (χ4n) is 4.55. The summed E-state index contributed by atoms with van der Waals surface area (Å²) in [7, 11) is 0. The number of halogens is 5. The first-order valence-corrected chi connectivity index (χ1v) is 11.4. The van der Waals surface area contributed by atoms with Crippen molar-refractivity contribution in [1.29, 1.82) is 0 Å². The molecule has 2 aliphatic rings. The first kappa shape index (κ1) is 24.6. The zero-order valence-corrected chi connectivity index (χ0v) is 19.1. The normalized spacial score (nSPS) is 22.1. The smallest absolute Gasteiger partial charge is 0.370 e. The van der Waals surface area contributed by atoms with Crippen molar-refractivity contribution in [2.24, 2.45) is 0 Å². The van der Waals surface area contributed by atoms with Gasteiger partial charge in [-0.25, -0.2) is 13.8 Å². The predicted octanol–water partition coefficient (Wildman–Crippen LogP) is 3.76. The summed E-state index contributed by atoms with van der Waals surface area (Å²) >= 11 is 0. The van der Waals surface area contributed by atoms with Gasteiger partial charge in [-0.05, 0) is 26.7 Å². The third-order valence-corrected chi connectivity index (χ3v) is 6.48. The topological polar surface area (TPSA) is 74.1 Å². The molecule has 4 rings (SSSR count). The van der Waals surface area contributed by atoms with Gasteiger partial charge < -0.3 is 10.6 Å². The van der Waals surface area contributed by atoms with Crippen LogP contribution in [0.3, 0.4) is 0 Å². The number of hydrogen-bond acceptors (Lipinski definition) is 7. The molecule has 2 aromatic heterocycles. The molecule has 34 heavy (non-hydrogen) atoms. The zero-order chi connectivity index (χ0) is 24.5. The largest absolute Gasteiger partial charge is 0.421 e. The fourth-order valence-corrected chi connectivity index (χ4v) is 4.55. The number of aromatic nitrogens is 4. The molecule has 1 saturated carbocycles. The lowest BCUT2D eigenvalue weighted by molar-refractivity contribution is -0.137. The molecule has 0 amide bonds. The summed E-state index contributed by atoms with van der Waals surface area (Å²) < 4.78 is 66.6. The van der Waals surface area contributed by atoms with Gasteiger partial charge in [0.15, 0.2) is 0 Å². The van der Waals surface area contributed by atoms with E-state index in [1.165, 1.54) is 0 Å². The third kappa shape index (κ3) is 5.40. The Balaban J connectivity index is 1.35. The van der Waals surface area contributed by atoms with Crippen LogP contribution < -0.4 is 10.6 Å². The van der Waals surface area contributed by atoms with Gasteiger partial charge in [0.05, 0.1) is 30.2 Å². The summed E-state index contributed by atoms with van der Waals surface area (Å²) in [5.74, 6) is -0.215. The fraction of sp³-hybridized carbons (Fsp3) is 0.667. The van der Waals surface area contributed by atoms with E-state index in [2.05, 4.69) is 30.6 Å². The molecule has 0 radical (unpaired) electrons. The molecule has 8 nitrogen and oxygen atoms in total. The molecular formula is C21H29F5N8. The van der Waals surface area contributed by atoms with Gasteiger partial charge in [0.2, 0.25) is 5.95 Å². The van der Waals surface area contributed by atoms with Crippen LogP contribution in [0.1, 0.15) is 37.1 Å². The number of hydrogen-bond donors (Lipinski definition) is 2. The molecule has 0 bridgehead atoms. The number of rotatable bonds is 8. The van der Waals surface area contributed by atoms with Crippen LogP contribution in [0, 0.1) is 6.92 Å². The minimum absolute atomic E-state index is 0.0553. The van der Waals surface area contributed by atoms with Crippen LogP contribution >= 0.6 is 0 Å². The Morgan fingerprint density at radius 1 is 1.09 bits per heavy atom. The molecule has 1 saturated heterocycles. The summed E-state index contributed by atoms with van der Waals surface area (Å²) in [5, 5.41) is 10.1. The van der Waals surface area contributed by atoms with Crippen LogP contribution in [0.5, 0.6) is 0 Å². The Kier molecular flexibility index (Phi) is 7.22. The predicted molar refractivity (Wildman–Crippen MR) is 118 cm³/mol. The van der Waals surface area contributed by atoms with Crippen LogP contribution in [0.15, 0.2) is 12.4 Å². The lowest BCUT2D eigenvalue weighted by Gasteiger charge is -2.46. The van der Waals surface area contributed by atoms with Crippen LogP contribution in [0.25, 0.3) is 0 Å². The molecule has 2 aromatic rings. The first-order valence-electron chi connectivity index (χ1n) is 11.4. The molecule has 13 heteroatoms. The van der Waals surface area contributed by atoms with Gasteiger partial charge in [-0.2, -0.15) is 23.3 Å². The molecule has 3 heterocycles. The van der Waals surface area contributed by atoms with Gasteiger partial charge in [0, 0.05) is 45.0 Å². The van der Waals surface area contributed by atoms with Crippen LogP contribution in [-0.2, 0) is 6.18 Å². The number of piperazine rings is 1. The van der Waals surface area contributed by atoms with Crippen molar-refractivity contribution in [2.75, 3.05) is 49.9 Å². The van der Waals surface area contributed by atoms with E-state index in [9.17, 15) is 22.0 Å². The number of alkyl halides is 5. The lowest BCUT2D eigenvalue weighted by atomic mass is 9.85. The highest BCUT2D eigenvalue weighted by Gasteiger charge is 2.38. The van der Waals surface area contributed by atoms with E-state index in [0.29, 0.717) is 31.4 Å². The number of nitrogens with zero attached hydrogens (tertiary/aromatic N) is 6. The second-order valence-corrected chi connectivity index (χ2v) is 8.70. The quantitative estimate of drug-likeness (QED) is 0.548. The maximum absolute atomic E-state index is 13.2. The third-order valence-electron chi connectivity index (χ3n) is 6.48. The van der Waals surface area contributed by atoms with E-state index in [1.807, 2.05) is 11.6 Å². The van der Waals surface area contributed by atoms with Gasteiger partial charge in [-0.3, -0.25) is 14.5 Å². The summed E-state index contributed by atoms with van der Waals surface area (Å²) in [6, 6.07) is 0.616. The molecule has 0 unspecified atom stereocenters. The van der Waals surface area contributed by atoms with Crippen LogP contribution in [-0.4, -0.2) is 81.3 Å². The van der Waals surface area contributed by atoms with Crippen LogP contribution in [0.4, 0.5) is 39.4 Å². The highest BCUT2D eigenvalue weighted by molar-refractivity contribution is 5.58. The maximum atomic E-state index is 13.2. The highest BCUT2D eigenvalue weighted by atomic mass is 19.4. The van der Waals surface area contributed by atoms with E-state index in [-0.39, 0.29) is 24.4 Å². The Morgan fingerprint density at radius 3 is 2.41 bits per heavy atom. The second-order valence-electron chi connectivity index (χ2n) is 8.70. The van der Waals surface area contributed by atoms with Gasteiger partial charge in [0.25, 0.3) is 6.43 Å². The SMILES string of the molecule is CCNc1nc(Nc2cnn([C@H]3C[C@@H](N4CCN(CC(F)F)CC4)C3)c2C)ncc1C(F)(F)F. The maximum Gasteiger partial charge on any atom is 0.421 e.